The summed E-state index contributed by atoms with van der Waals surface area (Å²) in [6.07, 6.45) is 0.628. The zero-order chi connectivity index (χ0) is 15.1. The average molecular weight is 291 g/mol. The van der Waals surface area contributed by atoms with E-state index in [2.05, 4.69) is 59.4 Å². The molecule has 0 aliphatic carbocycles. The molecule has 0 N–H and O–H groups in total. The molecule has 0 radical (unpaired) electrons. The molecule has 0 bridgehead atoms. The summed E-state index contributed by atoms with van der Waals surface area (Å²) in [6, 6.07) is 4.45. The molecule has 1 aliphatic rings. The van der Waals surface area contributed by atoms with Crippen LogP contribution in [-0.4, -0.2) is 18.2 Å². The Morgan fingerprint density at radius 2 is 1.80 bits per heavy atom. The van der Waals surface area contributed by atoms with E-state index in [4.69, 9.17) is 0 Å². The Morgan fingerprint density at radius 3 is 2.20 bits per heavy atom. The minimum atomic E-state index is 0.136. The van der Waals surface area contributed by atoms with Crippen molar-refractivity contribution in [1.82, 2.24) is 0 Å². The molecule has 1 aromatic rings. The lowest BCUT2D eigenvalue weighted by molar-refractivity contribution is -0.117. The summed E-state index contributed by atoms with van der Waals surface area (Å²) < 4.78 is 0. The van der Waals surface area contributed by atoms with Crippen LogP contribution in [0.2, 0.25) is 0 Å². The first-order valence-corrected chi connectivity index (χ1v) is 7.90. The number of carbonyl (C=O) groups is 1. The molecule has 1 saturated heterocycles. The number of anilines is 1. The van der Waals surface area contributed by atoms with Crippen molar-refractivity contribution in [1.29, 1.82) is 0 Å². The van der Waals surface area contributed by atoms with Crippen molar-refractivity contribution < 1.29 is 4.79 Å². The highest BCUT2D eigenvalue weighted by Gasteiger charge is 2.31. The van der Waals surface area contributed by atoms with Crippen molar-refractivity contribution in [3.8, 4) is 0 Å². The molecule has 1 amide bonds. The Morgan fingerprint density at radius 1 is 1.25 bits per heavy atom. The van der Waals surface area contributed by atoms with E-state index >= 15 is 0 Å². The zero-order valence-electron chi connectivity index (χ0n) is 13.2. The predicted octanol–water partition coefficient (Wildman–Crippen LogP) is 3.88. The summed E-state index contributed by atoms with van der Waals surface area (Å²) in [5, 5.41) is 0. The van der Waals surface area contributed by atoms with Gasteiger partial charge < -0.3 is 4.90 Å². The number of thiol groups is 1. The van der Waals surface area contributed by atoms with Crippen LogP contribution in [0.3, 0.4) is 0 Å². The van der Waals surface area contributed by atoms with Crippen molar-refractivity contribution in [2.75, 3.05) is 17.2 Å². The van der Waals surface area contributed by atoms with Gasteiger partial charge in [-0.3, -0.25) is 4.79 Å². The van der Waals surface area contributed by atoms with E-state index in [9.17, 15) is 4.79 Å². The number of rotatable bonds is 2. The van der Waals surface area contributed by atoms with Crippen LogP contribution >= 0.6 is 12.6 Å². The number of benzene rings is 1. The summed E-state index contributed by atoms with van der Waals surface area (Å²) in [4.78, 5) is 14.2. The lowest BCUT2D eigenvalue weighted by atomic mass is 9.84. The van der Waals surface area contributed by atoms with Gasteiger partial charge in [-0.25, -0.2) is 0 Å². The highest BCUT2D eigenvalue weighted by molar-refractivity contribution is 7.80. The van der Waals surface area contributed by atoms with Crippen molar-refractivity contribution >= 4 is 24.2 Å². The maximum absolute atomic E-state index is 12.2. The van der Waals surface area contributed by atoms with Gasteiger partial charge in [-0.2, -0.15) is 12.6 Å². The molecule has 2 rings (SSSR count). The molecule has 1 aromatic carbocycles. The molecule has 1 heterocycles. The monoisotopic (exact) mass is 291 g/mol. The lowest BCUT2D eigenvalue weighted by Gasteiger charge is -2.26. The number of carbonyl (C=O) groups excluding carboxylic acids is 1. The van der Waals surface area contributed by atoms with E-state index in [1.807, 2.05) is 4.90 Å². The molecule has 0 saturated carbocycles. The molecular weight excluding hydrogens is 266 g/mol. The fourth-order valence-electron chi connectivity index (χ4n) is 2.93. The smallest absolute Gasteiger partial charge is 0.227 e. The van der Waals surface area contributed by atoms with Crippen molar-refractivity contribution in [2.24, 2.45) is 5.92 Å². The van der Waals surface area contributed by atoms with Gasteiger partial charge in [0.25, 0.3) is 0 Å². The largest absolute Gasteiger partial charge is 0.312 e. The number of hydrogen-bond acceptors (Lipinski definition) is 2. The van der Waals surface area contributed by atoms with Crippen LogP contribution in [0, 0.1) is 19.8 Å². The van der Waals surface area contributed by atoms with E-state index in [1.165, 1.54) is 16.7 Å². The van der Waals surface area contributed by atoms with E-state index in [0.29, 0.717) is 12.3 Å². The van der Waals surface area contributed by atoms with Gasteiger partial charge in [-0.1, -0.05) is 32.9 Å². The lowest BCUT2D eigenvalue weighted by Crippen LogP contribution is -2.27. The van der Waals surface area contributed by atoms with Gasteiger partial charge >= 0.3 is 0 Å². The van der Waals surface area contributed by atoms with Crippen LogP contribution in [0.15, 0.2) is 12.1 Å². The minimum Gasteiger partial charge on any atom is -0.312 e. The Labute approximate surface area is 128 Å². The molecule has 1 fully saturated rings. The van der Waals surface area contributed by atoms with Crippen molar-refractivity contribution in [3.05, 3.63) is 28.8 Å². The number of aryl methyl sites for hydroxylation is 2. The van der Waals surface area contributed by atoms with Crippen LogP contribution < -0.4 is 4.90 Å². The average Bonchev–Trinajstić information content (AvgIpc) is 2.69. The van der Waals surface area contributed by atoms with Gasteiger partial charge in [-0.05, 0) is 47.6 Å². The van der Waals surface area contributed by atoms with Crippen LogP contribution in [0.25, 0.3) is 0 Å². The molecule has 0 aromatic heterocycles. The van der Waals surface area contributed by atoms with Crippen LogP contribution in [0.1, 0.15) is 43.9 Å². The van der Waals surface area contributed by atoms with E-state index in [-0.39, 0.29) is 11.3 Å². The van der Waals surface area contributed by atoms with E-state index in [0.717, 1.165) is 18.0 Å². The van der Waals surface area contributed by atoms with Crippen LogP contribution in [0.4, 0.5) is 5.69 Å². The Kier molecular flexibility index (Phi) is 4.19. The highest BCUT2D eigenvalue weighted by Crippen LogP contribution is 2.35. The molecule has 1 atom stereocenters. The van der Waals surface area contributed by atoms with Crippen LogP contribution in [0.5, 0.6) is 0 Å². The standard InChI is InChI=1S/C17H25NOS/c1-11-6-14(17(3,4)5)7-12(2)16(11)18-9-13(10-20)8-15(18)19/h6-7,13,20H,8-10H2,1-5H3. The third-order valence-corrected chi connectivity index (χ3v) is 4.61. The normalized spacial score (nSPS) is 19.8. The molecular formula is C17H25NOS. The van der Waals surface area contributed by atoms with Gasteiger partial charge in [0.05, 0.1) is 0 Å². The second-order valence-electron chi connectivity index (χ2n) is 6.97. The van der Waals surface area contributed by atoms with Gasteiger partial charge in [-0.15, -0.1) is 0 Å². The second kappa shape index (κ2) is 5.44. The molecule has 1 unspecified atom stereocenters. The summed E-state index contributed by atoms with van der Waals surface area (Å²) in [6.45, 7) is 11.7. The first-order valence-electron chi connectivity index (χ1n) is 7.27. The van der Waals surface area contributed by atoms with Gasteiger partial charge in [0.15, 0.2) is 0 Å². The third kappa shape index (κ3) is 2.88. The van der Waals surface area contributed by atoms with E-state index < -0.39 is 0 Å². The second-order valence-corrected chi connectivity index (χ2v) is 7.33. The quantitative estimate of drug-likeness (QED) is 0.820. The maximum atomic E-state index is 12.2. The first-order chi connectivity index (χ1) is 9.24. The number of hydrogen-bond donors (Lipinski definition) is 1. The summed E-state index contributed by atoms with van der Waals surface area (Å²) in [5.74, 6) is 1.39. The van der Waals surface area contributed by atoms with E-state index in [1.54, 1.807) is 0 Å². The summed E-state index contributed by atoms with van der Waals surface area (Å²) in [7, 11) is 0. The Bertz CT molecular complexity index is 507. The molecule has 3 heteroatoms. The molecule has 110 valence electrons. The SMILES string of the molecule is Cc1cc(C(C)(C)C)cc(C)c1N1CC(CS)CC1=O. The third-order valence-electron chi connectivity index (χ3n) is 4.09. The molecule has 0 spiro atoms. The Hall–Kier alpha value is -0.960. The topological polar surface area (TPSA) is 20.3 Å². The summed E-state index contributed by atoms with van der Waals surface area (Å²) >= 11 is 4.34. The summed E-state index contributed by atoms with van der Waals surface area (Å²) in [5.41, 5.74) is 4.96. The predicted molar refractivity (Wildman–Crippen MR) is 88.9 cm³/mol. The zero-order valence-corrected chi connectivity index (χ0v) is 14.1. The highest BCUT2D eigenvalue weighted by atomic mass is 32.1. The van der Waals surface area contributed by atoms with Crippen LogP contribution in [-0.2, 0) is 10.2 Å². The van der Waals surface area contributed by atoms with Gasteiger partial charge in [0.1, 0.15) is 0 Å². The van der Waals surface area contributed by atoms with Crippen molar-refractivity contribution in [2.45, 2.75) is 46.5 Å². The number of nitrogens with zero attached hydrogens (tertiary/aromatic N) is 1. The number of amides is 1. The fraction of sp³-hybridized carbons (Fsp3) is 0.588. The minimum absolute atomic E-state index is 0.136. The molecule has 20 heavy (non-hydrogen) atoms. The molecule has 2 nitrogen and oxygen atoms in total. The Balaban J connectivity index is 2.41. The van der Waals surface area contributed by atoms with Gasteiger partial charge in [0.2, 0.25) is 5.91 Å². The molecule has 1 aliphatic heterocycles. The van der Waals surface area contributed by atoms with Gasteiger partial charge in [0, 0.05) is 18.7 Å². The first kappa shape index (κ1) is 15.4. The fourth-order valence-corrected chi connectivity index (χ4v) is 3.18. The maximum Gasteiger partial charge on any atom is 0.227 e. The van der Waals surface area contributed by atoms with Crippen molar-refractivity contribution in [3.63, 3.8) is 0 Å².